The molecule has 40 heavy (non-hydrogen) atoms. The standard InChI is InChI=1S/C34H39NO5/c36-33(37)13-3-4-19-35(31-11-6-10-28-22-29(34(38)39)16-17-30(28)31)20-18-26-7-1-2-12-32(26)40-23-24-14-15-25-8-5-9-27(25)21-24/h1-2,7,12,14-17,21-22,31H,3-6,8-11,13,18-20,23H2,(H,36,37)(H,38,39). The van der Waals surface area contributed by atoms with Crippen LogP contribution in [0.15, 0.2) is 60.7 Å². The fraction of sp³-hybridized carbons (Fsp3) is 0.412. The molecule has 6 nitrogen and oxygen atoms in total. The average molecular weight is 542 g/mol. The molecule has 2 aliphatic rings. The van der Waals surface area contributed by atoms with Gasteiger partial charge in [-0.3, -0.25) is 9.69 Å². The van der Waals surface area contributed by atoms with E-state index < -0.39 is 11.9 Å². The molecule has 0 aromatic heterocycles. The van der Waals surface area contributed by atoms with Gasteiger partial charge in [-0.2, -0.15) is 0 Å². The van der Waals surface area contributed by atoms with Crippen LogP contribution >= 0.6 is 0 Å². The molecule has 0 radical (unpaired) electrons. The third-order valence-electron chi connectivity index (χ3n) is 8.40. The van der Waals surface area contributed by atoms with E-state index in [2.05, 4.69) is 35.2 Å². The maximum Gasteiger partial charge on any atom is 0.335 e. The van der Waals surface area contributed by atoms with Crippen molar-refractivity contribution in [1.82, 2.24) is 4.90 Å². The number of rotatable bonds is 13. The minimum Gasteiger partial charge on any atom is -0.489 e. The van der Waals surface area contributed by atoms with E-state index in [4.69, 9.17) is 9.84 Å². The van der Waals surface area contributed by atoms with Crippen LogP contribution in [-0.2, 0) is 37.1 Å². The van der Waals surface area contributed by atoms with Gasteiger partial charge in [0.1, 0.15) is 12.4 Å². The zero-order valence-corrected chi connectivity index (χ0v) is 23.1. The van der Waals surface area contributed by atoms with Crippen molar-refractivity contribution in [2.45, 2.75) is 76.9 Å². The molecule has 0 heterocycles. The van der Waals surface area contributed by atoms with Crippen LogP contribution in [0.2, 0.25) is 0 Å². The molecule has 1 atom stereocenters. The van der Waals surface area contributed by atoms with E-state index >= 15 is 0 Å². The second-order valence-electron chi connectivity index (χ2n) is 11.1. The highest BCUT2D eigenvalue weighted by Crippen LogP contribution is 2.36. The Kier molecular flexibility index (Phi) is 9.17. The molecule has 5 rings (SSSR count). The summed E-state index contributed by atoms with van der Waals surface area (Å²) < 4.78 is 6.34. The summed E-state index contributed by atoms with van der Waals surface area (Å²) in [7, 11) is 0. The Hall–Kier alpha value is -3.64. The topological polar surface area (TPSA) is 87.1 Å². The average Bonchev–Trinajstić information content (AvgIpc) is 3.43. The number of aryl methyl sites for hydroxylation is 3. The number of aliphatic carboxylic acids is 1. The summed E-state index contributed by atoms with van der Waals surface area (Å²) in [5.74, 6) is -0.749. The molecule has 0 aliphatic heterocycles. The van der Waals surface area contributed by atoms with Gasteiger partial charge in [-0.15, -0.1) is 0 Å². The Morgan fingerprint density at radius 2 is 1.68 bits per heavy atom. The molecule has 2 N–H and O–H groups in total. The molecule has 0 spiro atoms. The van der Waals surface area contributed by atoms with Crippen molar-refractivity contribution in [1.29, 1.82) is 0 Å². The predicted molar refractivity (Wildman–Crippen MR) is 155 cm³/mol. The quantitative estimate of drug-likeness (QED) is 0.236. The summed E-state index contributed by atoms with van der Waals surface area (Å²) >= 11 is 0. The first-order valence-electron chi connectivity index (χ1n) is 14.6. The number of carboxylic acids is 2. The number of ether oxygens (including phenoxy) is 1. The van der Waals surface area contributed by atoms with Crippen LogP contribution in [0.1, 0.15) is 88.3 Å². The lowest BCUT2D eigenvalue weighted by atomic mass is 9.85. The first-order valence-corrected chi connectivity index (χ1v) is 14.6. The van der Waals surface area contributed by atoms with Crippen molar-refractivity contribution >= 4 is 11.9 Å². The number of unbranched alkanes of at least 4 members (excludes halogenated alkanes) is 1. The molecule has 0 saturated carbocycles. The molecule has 0 saturated heterocycles. The van der Waals surface area contributed by atoms with Crippen molar-refractivity contribution in [3.63, 3.8) is 0 Å². The summed E-state index contributed by atoms with van der Waals surface area (Å²) in [5, 5.41) is 18.6. The second-order valence-corrected chi connectivity index (χ2v) is 11.1. The summed E-state index contributed by atoms with van der Waals surface area (Å²) in [6, 6.07) is 20.7. The number of hydrogen-bond acceptors (Lipinski definition) is 4. The summed E-state index contributed by atoms with van der Waals surface area (Å²) in [6.07, 6.45) is 8.92. The third kappa shape index (κ3) is 6.92. The molecule has 3 aromatic rings. The second kappa shape index (κ2) is 13.1. The summed E-state index contributed by atoms with van der Waals surface area (Å²) in [6.45, 7) is 2.17. The normalized spacial score (nSPS) is 16.0. The zero-order chi connectivity index (χ0) is 27.9. The SMILES string of the molecule is O=C(O)CCCCN(CCc1ccccc1OCc1ccc2c(c1)CCC2)C1CCCc2cc(C(=O)O)ccc21. The lowest BCUT2D eigenvalue weighted by Crippen LogP contribution is -2.34. The molecule has 0 bridgehead atoms. The Bertz CT molecular complexity index is 1350. The Morgan fingerprint density at radius 3 is 2.52 bits per heavy atom. The lowest BCUT2D eigenvalue weighted by Gasteiger charge is -2.36. The van der Waals surface area contributed by atoms with Crippen LogP contribution in [0.4, 0.5) is 0 Å². The highest BCUT2D eigenvalue weighted by atomic mass is 16.5. The molecule has 3 aromatic carbocycles. The molecular weight excluding hydrogens is 502 g/mol. The third-order valence-corrected chi connectivity index (χ3v) is 8.40. The van der Waals surface area contributed by atoms with Crippen molar-refractivity contribution in [2.24, 2.45) is 0 Å². The smallest absolute Gasteiger partial charge is 0.335 e. The van der Waals surface area contributed by atoms with Gasteiger partial charge in [0, 0.05) is 19.0 Å². The van der Waals surface area contributed by atoms with E-state index in [1.54, 1.807) is 6.07 Å². The van der Waals surface area contributed by atoms with E-state index in [0.717, 1.165) is 68.5 Å². The van der Waals surface area contributed by atoms with Gasteiger partial charge in [0.25, 0.3) is 0 Å². The van der Waals surface area contributed by atoms with Gasteiger partial charge in [-0.05, 0) is 116 Å². The van der Waals surface area contributed by atoms with Crippen molar-refractivity contribution in [2.75, 3.05) is 13.1 Å². The van der Waals surface area contributed by atoms with Gasteiger partial charge in [0.05, 0.1) is 5.56 Å². The minimum atomic E-state index is -0.896. The van der Waals surface area contributed by atoms with Crippen LogP contribution < -0.4 is 4.74 Å². The van der Waals surface area contributed by atoms with Crippen molar-refractivity contribution in [3.8, 4) is 5.75 Å². The highest BCUT2D eigenvalue weighted by Gasteiger charge is 2.27. The molecular formula is C34H39NO5. The Balaban J connectivity index is 1.29. The summed E-state index contributed by atoms with van der Waals surface area (Å²) in [4.78, 5) is 25.1. The largest absolute Gasteiger partial charge is 0.489 e. The van der Waals surface area contributed by atoms with E-state index in [-0.39, 0.29) is 12.5 Å². The van der Waals surface area contributed by atoms with Gasteiger partial charge in [-0.25, -0.2) is 4.79 Å². The molecule has 1 unspecified atom stereocenters. The molecule has 6 heteroatoms. The molecule has 0 amide bonds. The number of para-hydroxylation sites is 1. The van der Waals surface area contributed by atoms with Crippen LogP contribution in [0.25, 0.3) is 0 Å². The van der Waals surface area contributed by atoms with Crippen LogP contribution in [0, 0.1) is 0 Å². The number of fused-ring (bicyclic) bond motifs is 2. The maximum atomic E-state index is 11.5. The van der Waals surface area contributed by atoms with E-state index in [0.29, 0.717) is 18.6 Å². The fourth-order valence-corrected chi connectivity index (χ4v) is 6.31. The Morgan fingerprint density at radius 1 is 0.850 bits per heavy atom. The van der Waals surface area contributed by atoms with Gasteiger partial charge in [0.15, 0.2) is 0 Å². The monoisotopic (exact) mass is 541 g/mol. The molecule has 0 fully saturated rings. The van der Waals surface area contributed by atoms with Gasteiger partial charge in [-0.1, -0.05) is 42.5 Å². The first-order chi connectivity index (χ1) is 19.5. The number of carboxylic acid groups (broad SMARTS) is 2. The number of benzene rings is 3. The van der Waals surface area contributed by atoms with Gasteiger partial charge in [0.2, 0.25) is 0 Å². The number of nitrogens with zero attached hydrogens (tertiary/aromatic N) is 1. The first kappa shape index (κ1) is 27.9. The van der Waals surface area contributed by atoms with Crippen LogP contribution in [0.3, 0.4) is 0 Å². The number of hydrogen-bond donors (Lipinski definition) is 2. The maximum absolute atomic E-state index is 11.5. The predicted octanol–water partition coefficient (Wildman–Crippen LogP) is 6.63. The van der Waals surface area contributed by atoms with Crippen LogP contribution in [-0.4, -0.2) is 40.1 Å². The van der Waals surface area contributed by atoms with Crippen molar-refractivity contribution in [3.05, 3.63) is 99.6 Å². The number of carbonyl (C=O) groups is 2. The minimum absolute atomic E-state index is 0.177. The lowest BCUT2D eigenvalue weighted by molar-refractivity contribution is -0.137. The van der Waals surface area contributed by atoms with Crippen LogP contribution in [0.5, 0.6) is 5.75 Å². The number of aromatic carboxylic acids is 1. The van der Waals surface area contributed by atoms with E-state index in [1.807, 2.05) is 24.3 Å². The van der Waals surface area contributed by atoms with Gasteiger partial charge >= 0.3 is 11.9 Å². The van der Waals surface area contributed by atoms with Crippen molar-refractivity contribution < 1.29 is 24.5 Å². The summed E-state index contributed by atoms with van der Waals surface area (Å²) in [5.41, 5.74) is 7.95. The fourth-order valence-electron chi connectivity index (χ4n) is 6.31. The Labute approximate surface area is 236 Å². The van der Waals surface area contributed by atoms with E-state index in [1.165, 1.54) is 35.1 Å². The van der Waals surface area contributed by atoms with E-state index in [9.17, 15) is 14.7 Å². The highest BCUT2D eigenvalue weighted by molar-refractivity contribution is 5.88. The molecule has 2 aliphatic carbocycles. The molecule has 210 valence electrons. The zero-order valence-electron chi connectivity index (χ0n) is 23.1. The van der Waals surface area contributed by atoms with Gasteiger partial charge < -0.3 is 14.9 Å².